The van der Waals surface area contributed by atoms with Crippen LogP contribution >= 0.6 is 0 Å². The summed E-state index contributed by atoms with van der Waals surface area (Å²) in [5.74, 6) is 0.941. The van der Waals surface area contributed by atoms with E-state index in [9.17, 15) is 0 Å². The fourth-order valence-electron chi connectivity index (χ4n) is 3.10. The normalized spacial score (nSPS) is 36.7. The van der Waals surface area contributed by atoms with Crippen LogP contribution in [-0.4, -0.2) is 37.9 Å². The molecule has 1 heterocycles. The molecular formula is C14H28N2O. The molecule has 0 aromatic heterocycles. The molecule has 2 aliphatic rings. The predicted molar refractivity (Wildman–Crippen MR) is 71.2 cm³/mol. The topological polar surface area (TPSA) is 33.3 Å². The zero-order valence-electron chi connectivity index (χ0n) is 11.4. The van der Waals surface area contributed by atoms with Crippen molar-refractivity contribution in [3.05, 3.63) is 0 Å². The number of ether oxygens (including phenoxy) is 1. The molecule has 17 heavy (non-hydrogen) atoms. The highest BCUT2D eigenvalue weighted by atomic mass is 16.5. The van der Waals surface area contributed by atoms with Crippen molar-refractivity contribution in [2.24, 2.45) is 5.92 Å². The first kappa shape index (κ1) is 13.3. The molecule has 2 N–H and O–H groups in total. The van der Waals surface area contributed by atoms with E-state index in [-0.39, 0.29) is 0 Å². The van der Waals surface area contributed by atoms with Crippen LogP contribution in [0.5, 0.6) is 0 Å². The molecule has 1 aliphatic carbocycles. The molecule has 0 amide bonds. The van der Waals surface area contributed by atoms with Crippen LogP contribution in [0.15, 0.2) is 0 Å². The highest BCUT2D eigenvalue weighted by molar-refractivity contribution is 4.81. The van der Waals surface area contributed by atoms with Gasteiger partial charge in [-0.15, -0.1) is 0 Å². The summed E-state index contributed by atoms with van der Waals surface area (Å²) in [5.41, 5.74) is 0. The first-order chi connectivity index (χ1) is 8.24. The fourth-order valence-corrected chi connectivity index (χ4v) is 3.10. The van der Waals surface area contributed by atoms with Gasteiger partial charge >= 0.3 is 0 Å². The number of morpholine rings is 1. The summed E-state index contributed by atoms with van der Waals surface area (Å²) in [6, 6.07) is 1.91. The first-order valence-electron chi connectivity index (χ1n) is 7.31. The van der Waals surface area contributed by atoms with Crippen molar-refractivity contribution in [3.8, 4) is 0 Å². The molecule has 3 nitrogen and oxygen atoms in total. The highest BCUT2D eigenvalue weighted by Gasteiger charge is 2.21. The van der Waals surface area contributed by atoms with Gasteiger partial charge < -0.3 is 15.4 Å². The van der Waals surface area contributed by atoms with Crippen molar-refractivity contribution in [2.75, 3.05) is 19.8 Å². The molecule has 0 bridgehead atoms. The van der Waals surface area contributed by atoms with Gasteiger partial charge in [0.05, 0.1) is 13.2 Å². The van der Waals surface area contributed by atoms with Gasteiger partial charge in [-0.2, -0.15) is 0 Å². The average Bonchev–Trinajstić information content (AvgIpc) is 2.33. The van der Waals surface area contributed by atoms with Crippen LogP contribution in [0, 0.1) is 5.92 Å². The number of hydrogen-bond donors (Lipinski definition) is 2. The second-order valence-electron chi connectivity index (χ2n) is 5.99. The van der Waals surface area contributed by atoms with Crippen molar-refractivity contribution in [3.63, 3.8) is 0 Å². The molecule has 1 aliphatic heterocycles. The lowest BCUT2D eigenvalue weighted by Gasteiger charge is -2.32. The van der Waals surface area contributed by atoms with Gasteiger partial charge in [-0.05, 0) is 44.9 Å². The minimum atomic E-state index is 0.550. The van der Waals surface area contributed by atoms with Gasteiger partial charge in [0.1, 0.15) is 0 Å². The lowest BCUT2D eigenvalue weighted by Crippen LogP contribution is -2.47. The Balaban J connectivity index is 1.64. The highest BCUT2D eigenvalue weighted by Crippen LogP contribution is 2.24. The monoisotopic (exact) mass is 240 g/mol. The summed E-state index contributed by atoms with van der Waals surface area (Å²) < 4.78 is 5.50. The van der Waals surface area contributed by atoms with Crippen molar-refractivity contribution < 1.29 is 4.74 Å². The Labute approximate surface area is 106 Å². The second-order valence-corrected chi connectivity index (χ2v) is 5.99. The molecule has 2 unspecified atom stereocenters. The smallest absolute Gasteiger partial charge is 0.0620 e. The van der Waals surface area contributed by atoms with E-state index in [2.05, 4.69) is 24.5 Å². The molecule has 1 saturated heterocycles. The van der Waals surface area contributed by atoms with Crippen molar-refractivity contribution in [2.45, 2.75) is 64.1 Å². The van der Waals surface area contributed by atoms with Crippen LogP contribution in [0.1, 0.15) is 46.0 Å². The third kappa shape index (κ3) is 4.57. The summed E-state index contributed by atoms with van der Waals surface area (Å²) in [7, 11) is 0. The SMILES string of the molecule is CC1CCC(NC(C)CC2COCCN2)CC1. The van der Waals surface area contributed by atoms with E-state index in [0.717, 1.165) is 31.7 Å². The Hall–Kier alpha value is -0.120. The Kier molecular flexibility index (Phi) is 5.26. The molecule has 2 atom stereocenters. The zero-order valence-corrected chi connectivity index (χ0v) is 11.4. The van der Waals surface area contributed by atoms with Crippen LogP contribution in [0.2, 0.25) is 0 Å². The summed E-state index contributed by atoms with van der Waals surface area (Å²) in [4.78, 5) is 0. The van der Waals surface area contributed by atoms with E-state index in [0.29, 0.717) is 12.1 Å². The minimum Gasteiger partial charge on any atom is -0.379 e. The van der Waals surface area contributed by atoms with Gasteiger partial charge in [0, 0.05) is 24.7 Å². The fraction of sp³-hybridized carbons (Fsp3) is 1.00. The Morgan fingerprint density at radius 2 is 2.06 bits per heavy atom. The zero-order chi connectivity index (χ0) is 12.1. The summed E-state index contributed by atoms with van der Waals surface area (Å²) in [6.45, 7) is 7.46. The molecule has 100 valence electrons. The van der Waals surface area contributed by atoms with Gasteiger partial charge in [-0.25, -0.2) is 0 Å². The van der Waals surface area contributed by atoms with Crippen molar-refractivity contribution in [1.29, 1.82) is 0 Å². The van der Waals surface area contributed by atoms with Crippen LogP contribution in [-0.2, 0) is 4.74 Å². The molecule has 3 heteroatoms. The molecule has 2 fully saturated rings. The third-order valence-electron chi connectivity index (χ3n) is 4.17. The van der Waals surface area contributed by atoms with Crippen LogP contribution in [0.4, 0.5) is 0 Å². The summed E-state index contributed by atoms with van der Waals surface area (Å²) >= 11 is 0. The van der Waals surface area contributed by atoms with Crippen molar-refractivity contribution >= 4 is 0 Å². The molecule has 0 aromatic rings. The molecule has 1 saturated carbocycles. The van der Waals surface area contributed by atoms with Gasteiger partial charge in [-0.3, -0.25) is 0 Å². The van der Waals surface area contributed by atoms with E-state index in [4.69, 9.17) is 4.74 Å². The van der Waals surface area contributed by atoms with Gasteiger partial charge in [0.25, 0.3) is 0 Å². The van der Waals surface area contributed by atoms with E-state index < -0.39 is 0 Å². The summed E-state index contributed by atoms with van der Waals surface area (Å²) in [6.07, 6.45) is 6.70. The predicted octanol–water partition coefficient (Wildman–Crippen LogP) is 1.92. The Morgan fingerprint density at radius 3 is 2.71 bits per heavy atom. The van der Waals surface area contributed by atoms with E-state index >= 15 is 0 Å². The first-order valence-corrected chi connectivity index (χ1v) is 7.31. The molecule has 0 spiro atoms. The van der Waals surface area contributed by atoms with Gasteiger partial charge in [0.15, 0.2) is 0 Å². The standard InChI is InChI=1S/C14H28N2O/c1-11-3-5-13(6-4-11)16-12(2)9-14-10-17-8-7-15-14/h11-16H,3-10H2,1-2H3. The molecule has 0 radical (unpaired) electrons. The lowest BCUT2D eigenvalue weighted by atomic mass is 9.87. The maximum atomic E-state index is 5.50. The minimum absolute atomic E-state index is 0.550. The van der Waals surface area contributed by atoms with E-state index in [1.807, 2.05) is 0 Å². The lowest BCUT2D eigenvalue weighted by molar-refractivity contribution is 0.0703. The summed E-state index contributed by atoms with van der Waals surface area (Å²) in [5, 5.41) is 7.32. The maximum absolute atomic E-state index is 5.50. The maximum Gasteiger partial charge on any atom is 0.0620 e. The molecular weight excluding hydrogens is 212 g/mol. The third-order valence-corrected chi connectivity index (χ3v) is 4.17. The van der Waals surface area contributed by atoms with E-state index in [1.54, 1.807) is 0 Å². The number of hydrogen-bond acceptors (Lipinski definition) is 3. The van der Waals surface area contributed by atoms with Crippen LogP contribution < -0.4 is 10.6 Å². The largest absolute Gasteiger partial charge is 0.379 e. The van der Waals surface area contributed by atoms with E-state index in [1.165, 1.54) is 32.1 Å². The van der Waals surface area contributed by atoms with Crippen LogP contribution in [0.25, 0.3) is 0 Å². The number of rotatable bonds is 4. The Morgan fingerprint density at radius 1 is 1.29 bits per heavy atom. The van der Waals surface area contributed by atoms with Gasteiger partial charge in [0.2, 0.25) is 0 Å². The van der Waals surface area contributed by atoms with Crippen molar-refractivity contribution in [1.82, 2.24) is 10.6 Å². The molecule has 0 aromatic carbocycles. The molecule has 2 rings (SSSR count). The van der Waals surface area contributed by atoms with Gasteiger partial charge in [-0.1, -0.05) is 6.92 Å². The quantitative estimate of drug-likeness (QED) is 0.787. The average molecular weight is 240 g/mol. The second kappa shape index (κ2) is 6.72. The Bertz CT molecular complexity index is 208. The number of nitrogens with one attached hydrogen (secondary N) is 2. The van der Waals surface area contributed by atoms with Crippen LogP contribution in [0.3, 0.4) is 0 Å².